The predicted molar refractivity (Wildman–Crippen MR) is 110 cm³/mol. The van der Waals surface area contributed by atoms with Gasteiger partial charge in [0.25, 0.3) is 5.91 Å². The van der Waals surface area contributed by atoms with Crippen molar-refractivity contribution in [2.45, 2.75) is 26.4 Å². The monoisotopic (exact) mass is 452 g/mol. The highest BCUT2D eigenvalue weighted by Gasteiger charge is 2.26. The van der Waals surface area contributed by atoms with E-state index in [-0.39, 0.29) is 18.4 Å². The minimum atomic E-state index is -0.624. The zero-order valence-electron chi connectivity index (χ0n) is 15.5. The lowest BCUT2D eigenvalue weighted by Crippen LogP contribution is -2.48. The van der Waals surface area contributed by atoms with Crippen molar-refractivity contribution in [3.63, 3.8) is 0 Å². The summed E-state index contributed by atoms with van der Waals surface area (Å²) in [6.45, 7) is 3.83. The summed E-state index contributed by atoms with van der Waals surface area (Å²) >= 11 is 9.28. The van der Waals surface area contributed by atoms with Gasteiger partial charge in [-0.05, 0) is 53.5 Å². The normalized spacial score (nSPS) is 11.6. The molecule has 0 aliphatic carbocycles. The molecule has 0 saturated heterocycles. The molecule has 5 nitrogen and oxygen atoms in total. The largest absolute Gasteiger partial charge is 0.483 e. The number of hydrogen-bond donors (Lipinski definition) is 1. The van der Waals surface area contributed by atoms with Crippen molar-refractivity contribution in [2.75, 3.05) is 13.7 Å². The average molecular weight is 454 g/mol. The van der Waals surface area contributed by atoms with Gasteiger partial charge < -0.3 is 15.0 Å². The first-order valence-corrected chi connectivity index (χ1v) is 9.63. The van der Waals surface area contributed by atoms with Crippen LogP contribution in [-0.2, 0) is 16.1 Å². The third kappa shape index (κ3) is 5.97. The topological polar surface area (TPSA) is 58.6 Å². The number of benzene rings is 2. The molecule has 2 amide bonds. The first-order valence-electron chi connectivity index (χ1n) is 8.46. The molecule has 2 aromatic carbocycles. The molecule has 0 fully saturated rings. The lowest BCUT2D eigenvalue weighted by Gasteiger charge is -2.28. The van der Waals surface area contributed by atoms with Gasteiger partial charge in [0.15, 0.2) is 6.61 Å². The summed E-state index contributed by atoms with van der Waals surface area (Å²) in [5, 5.41) is 3.15. The SMILES string of the molecule is CNC(=O)C(C)N(Cc1ccc(C)cc1)C(=O)COc1ccc(Cl)cc1Br. The van der Waals surface area contributed by atoms with Crippen LogP contribution in [0.4, 0.5) is 0 Å². The number of nitrogens with zero attached hydrogens (tertiary/aromatic N) is 1. The van der Waals surface area contributed by atoms with Crippen molar-refractivity contribution < 1.29 is 14.3 Å². The van der Waals surface area contributed by atoms with Gasteiger partial charge >= 0.3 is 0 Å². The number of carbonyl (C=O) groups is 2. The lowest BCUT2D eigenvalue weighted by atomic mass is 10.1. The van der Waals surface area contributed by atoms with Crippen LogP contribution in [0.1, 0.15) is 18.1 Å². The summed E-state index contributed by atoms with van der Waals surface area (Å²) in [6, 6.07) is 12.3. The van der Waals surface area contributed by atoms with Crippen LogP contribution in [0, 0.1) is 6.92 Å². The molecule has 0 radical (unpaired) electrons. The summed E-state index contributed by atoms with van der Waals surface area (Å²) < 4.78 is 6.29. The average Bonchev–Trinajstić information content (AvgIpc) is 2.65. The minimum absolute atomic E-state index is 0.187. The third-order valence-corrected chi connectivity index (χ3v) is 4.99. The van der Waals surface area contributed by atoms with Crippen molar-refractivity contribution in [1.29, 1.82) is 0 Å². The standard InChI is InChI=1S/C20H22BrClN2O3/c1-13-4-6-15(7-5-13)11-24(14(2)20(26)23-3)19(25)12-27-18-9-8-16(22)10-17(18)21/h4-10,14H,11-12H2,1-3H3,(H,23,26). The number of ether oxygens (including phenoxy) is 1. The number of halogens is 2. The molecule has 0 aliphatic heterocycles. The van der Waals surface area contributed by atoms with Crippen molar-refractivity contribution in [2.24, 2.45) is 0 Å². The van der Waals surface area contributed by atoms with Gasteiger partial charge in [-0.15, -0.1) is 0 Å². The highest BCUT2D eigenvalue weighted by molar-refractivity contribution is 9.10. The number of hydrogen-bond acceptors (Lipinski definition) is 3. The van der Waals surface area contributed by atoms with Crippen LogP contribution in [0.15, 0.2) is 46.9 Å². The van der Waals surface area contributed by atoms with Gasteiger partial charge in [0.1, 0.15) is 11.8 Å². The fourth-order valence-electron chi connectivity index (χ4n) is 2.50. The number of aryl methyl sites for hydroxylation is 1. The van der Waals surface area contributed by atoms with Crippen molar-refractivity contribution in [3.8, 4) is 5.75 Å². The second-order valence-electron chi connectivity index (χ2n) is 6.16. The highest BCUT2D eigenvalue weighted by Crippen LogP contribution is 2.28. The van der Waals surface area contributed by atoms with Crippen LogP contribution in [0.3, 0.4) is 0 Å². The molecule has 144 valence electrons. The van der Waals surface area contributed by atoms with E-state index in [9.17, 15) is 9.59 Å². The van der Waals surface area contributed by atoms with Gasteiger partial charge in [0.2, 0.25) is 5.91 Å². The molecule has 1 N–H and O–H groups in total. The molecule has 27 heavy (non-hydrogen) atoms. The van der Waals surface area contributed by atoms with E-state index >= 15 is 0 Å². The fraction of sp³-hybridized carbons (Fsp3) is 0.300. The van der Waals surface area contributed by atoms with Gasteiger partial charge in [-0.3, -0.25) is 9.59 Å². The van der Waals surface area contributed by atoms with Gasteiger partial charge in [-0.25, -0.2) is 0 Å². The fourth-order valence-corrected chi connectivity index (χ4v) is 3.29. The van der Waals surface area contributed by atoms with Crippen LogP contribution < -0.4 is 10.1 Å². The van der Waals surface area contributed by atoms with Crippen LogP contribution in [0.2, 0.25) is 5.02 Å². The molecule has 0 saturated carbocycles. The Morgan fingerprint density at radius 1 is 1.22 bits per heavy atom. The summed E-state index contributed by atoms with van der Waals surface area (Å²) in [5.74, 6) is -0.00714. The van der Waals surface area contributed by atoms with Gasteiger partial charge in [0.05, 0.1) is 4.47 Å². The van der Waals surface area contributed by atoms with Gasteiger partial charge in [0, 0.05) is 18.6 Å². The Morgan fingerprint density at radius 2 is 1.89 bits per heavy atom. The van der Waals surface area contributed by atoms with E-state index in [0.717, 1.165) is 11.1 Å². The van der Waals surface area contributed by atoms with Crippen molar-refractivity contribution in [1.82, 2.24) is 10.2 Å². The van der Waals surface area contributed by atoms with Crippen LogP contribution in [-0.4, -0.2) is 36.4 Å². The molecule has 0 spiro atoms. The predicted octanol–water partition coefficient (Wildman–Crippen LogP) is 3.95. The Morgan fingerprint density at radius 3 is 2.48 bits per heavy atom. The summed E-state index contributed by atoms with van der Waals surface area (Å²) in [7, 11) is 1.55. The third-order valence-electron chi connectivity index (χ3n) is 4.13. The smallest absolute Gasteiger partial charge is 0.261 e. The van der Waals surface area contributed by atoms with E-state index in [1.807, 2.05) is 31.2 Å². The number of likely N-dealkylation sites (N-methyl/N-ethyl adjacent to an activating group) is 1. The summed E-state index contributed by atoms with van der Waals surface area (Å²) in [5.41, 5.74) is 2.07. The molecule has 0 bridgehead atoms. The van der Waals surface area contributed by atoms with Crippen LogP contribution >= 0.6 is 27.5 Å². The Balaban J connectivity index is 2.14. The number of amides is 2. The van der Waals surface area contributed by atoms with E-state index in [1.165, 1.54) is 4.90 Å². The van der Waals surface area contributed by atoms with Crippen molar-refractivity contribution >= 4 is 39.3 Å². The zero-order chi connectivity index (χ0) is 20.0. The maximum Gasteiger partial charge on any atom is 0.261 e. The Kier molecular flexibility index (Phi) is 7.68. The molecule has 2 rings (SSSR count). The van der Waals surface area contributed by atoms with Gasteiger partial charge in [-0.1, -0.05) is 41.4 Å². The Bertz CT molecular complexity index is 811. The first kappa shape index (κ1) is 21.3. The van der Waals surface area contributed by atoms with E-state index in [1.54, 1.807) is 32.2 Å². The molecule has 0 aliphatic rings. The molecule has 1 unspecified atom stereocenters. The molecule has 2 aromatic rings. The van der Waals surface area contributed by atoms with E-state index < -0.39 is 6.04 Å². The van der Waals surface area contributed by atoms with Crippen LogP contribution in [0.25, 0.3) is 0 Å². The Hall–Kier alpha value is -2.05. The molecule has 0 aromatic heterocycles. The number of carbonyl (C=O) groups excluding carboxylic acids is 2. The molecule has 0 heterocycles. The summed E-state index contributed by atoms with van der Waals surface area (Å²) in [6.07, 6.45) is 0. The van der Waals surface area contributed by atoms with Crippen molar-refractivity contribution in [3.05, 3.63) is 63.1 Å². The number of nitrogens with one attached hydrogen (secondary N) is 1. The summed E-state index contributed by atoms with van der Waals surface area (Å²) in [4.78, 5) is 26.4. The minimum Gasteiger partial charge on any atom is -0.483 e. The molecular formula is C20H22BrClN2O3. The zero-order valence-corrected chi connectivity index (χ0v) is 17.8. The van der Waals surface area contributed by atoms with E-state index in [0.29, 0.717) is 21.8 Å². The Labute approximate surface area is 172 Å². The molecular weight excluding hydrogens is 432 g/mol. The lowest BCUT2D eigenvalue weighted by molar-refractivity contribution is -0.142. The van der Waals surface area contributed by atoms with Crippen LogP contribution in [0.5, 0.6) is 5.75 Å². The second kappa shape index (κ2) is 9.76. The first-order chi connectivity index (χ1) is 12.8. The molecule has 1 atom stereocenters. The number of rotatable bonds is 7. The molecule has 7 heteroatoms. The van der Waals surface area contributed by atoms with E-state index in [4.69, 9.17) is 16.3 Å². The van der Waals surface area contributed by atoms with Gasteiger partial charge in [-0.2, -0.15) is 0 Å². The quantitative estimate of drug-likeness (QED) is 0.690. The van der Waals surface area contributed by atoms with E-state index in [2.05, 4.69) is 21.2 Å². The maximum absolute atomic E-state index is 12.8. The maximum atomic E-state index is 12.8. The highest BCUT2D eigenvalue weighted by atomic mass is 79.9. The second-order valence-corrected chi connectivity index (χ2v) is 7.45.